The van der Waals surface area contributed by atoms with Crippen molar-refractivity contribution in [2.45, 2.75) is 78.1 Å². The quantitative estimate of drug-likeness (QED) is 0.202. The summed E-state index contributed by atoms with van der Waals surface area (Å²) in [5, 5.41) is 5.36. The van der Waals surface area contributed by atoms with E-state index in [1.54, 1.807) is 27.4 Å². The normalized spacial score (nSPS) is 13.6. The summed E-state index contributed by atoms with van der Waals surface area (Å²) >= 11 is 1.67. The molecule has 0 bridgehead atoms. The average molecular weight is 711 g/mol. The molecule has 7 rings (SSSR count). The Hall–Kier alpha value is -2.44. The van der Waals surface area contributed by atoms with Crippen molar-refractivity contribution in [1.82, 2.24) is 0 Å². The third-order valence-corrected chi connectivity index (χ3v) is 9.54. The van der Waals surface area contributed by atoms with E-state index in [9.17, 15) is 0 Å². The summed E-state index contributed by atoms with van der Waals surface area (Å²) in [5.74, 6) is 0. The summed E-state index contributed by atoms with van der Waals surface area (Å²) in [6.07, 6.45) is 14.4. The molecule has 1 fully saturated rings. The van der Waals surface area contributed by atoms with Gasteiger partial charge in [0, 0.05) is 0 Å². The van der Waals surface area contributed by atoms with Crippen LogP contribution < -0.4 is 24.8 Å². The molecule has 0 unspecified atom stereocenters. The third-order valence-electron chi connectivity index (χ3n) is 8.31. The van der Waals surface area contributed by atoms with E-state index in [4.69, 9.17) is 0 Å². The van der Waals surface area contributed by atoms with Gasteiger partial charge >= 0.3 is 46.7 Å². The zero-order valence-corrected chi connectivity index (χ0v) is 31.4. The van der Waals surface area contributed by atoms with E-state index in [-0.39, 0.29) is 35.6 Å². The molecule has 2 aliphatic carbocycles. The molecule has 0 aromatic heterocycles. The van der Waals surface area contributed by atoms with Gasteiger partial charge in [0.2, 0.25) is 0 Å². The van der Waals surface area contributed by atoms with E-state index in [1.807, 2.05) is 12.2 Å². The Morgan fingerprint density at radius 3 is 1.33 bits per heavy atom. The summed E-state index contributed by atoms with van der Waals surface area (Å²) < 4.78 is 1.78. The topological polar surface area (TPSA) is 0 Å². The number of halogens is 2. The first-order valence-electron chi connectivity index (χ1n) is 15.6. The number of benzene rings is 4. The van der Waals surface area contributed by atoms with Crippen molar-refractivity contribution in [2.24, 2.45) is 0 Å². The van der Waals surface area contributed by atoms with Crippen LogP contribution in [0.15, 0.2) is 109 Å². The van der Waals surface area contributed by atoms with Gasteiger partial charge in [-0.2, -0.15) is 6.08 Å². The number of allylic oxidation sites excluding steroid dienone is 4. The first-order chi connectivity index (χ1) is 20.5. The molecule has 0 saturated heterocycles. The molecule has 0 nitrogen and oxygen atoms in total. The van der Waals surface area contributed by atoms with Gasteiger partial charge in [-0.15, -0.1) is 46.2 Å². The van der Waals surface area contributed by atoms with Gasteiger partial charge in [-0.1, -0.05) is 114 Å². The predicted molar refractivity (Wildman–Crippen MR) is 186 cm³/mol. The van der Waals surface area contributed by atoms with Crippen molar-refractivity contribution >= 4 is 24.8 Å². The van der Waals surface area contributed by atoms with Crippen molar-refractivity contribution in [3.05, 3.63) is 126 Å². The summed E-state index contributed by atoms with van der Waals surface area (Å²) in [6.45, 7) is 13.9. The van der Waals surface area contributed by atoms with Gasteiger partial charge in [0.15, 0.2) is 0 Å². The van der Waals surface area contributed by atoms with Crippen LogP contribution in [0.2, 0.25) is 0 Å². The summed E-state index contributed by atoms with van der Waals surface area (Å²) in [7, 11) is 0. The van der Waals surface area contributed by atoms with Crippen molar-refractivity contribution in [3.8, 4) is 22.3 Å². The van der Waals surface area contributed by atoms with E-state index in [1.165, 1.54) is 74.2 Å². The van der Waals surface area contributed by atoms with Crippen LogP contribution in [-0.2, 0) is 35.1 Å². The SMILES string of the molecule is CC(C)(C)c1cc2c(cc1-c1ccccc1)[cH-]c1cc(-c3ccccc3)c(C(C)(C)C)cc12.[C-]1=CC=CC1.[Cl-].[Cl-].[Zr+2]=[C]1CCC1. The van der Waals surface area contributed by atoms with Crippen molar-refractivity contribution in [2.75, 3.05) is 0 Å². The van der Waals surface area contributed by atoms with Gasteiger partial charge in [0.25, 0.3) is 0 Å². The first-order valence-corrected chi connectivity index (χ1v) is 16.9. The molecule has 5 aromatic rings. The van der Waals surface area contributed by atoms with Gasteiger partial charge in [0.05, 0.1) is 0 Å². The minimum atomic E-state index is 0. The van der Waals surface area contributed by atoms with Gasteiger partial charge in [-0.3, -0.25) is 6.08 Å². The average Bonchev–Trinajstić information content (AvgIpc) is 3.67. The van der Waals surface area contributed by atoms with Crippen LogP contribution >= 0.6 is 0 Å². The molecule has 2 aliphatic rings. The second-order valence-corrected chi connectivity index (χ2v) is 15.5. The van der Waals surface area contributed by atoms with Crippen molar-refractivity contribution < 1.29 is 49.0 Å². The molecule has 5 aromatic carbocycles. The molecule has 0 amide bonds. The molecule has 0 aliphatic heterocycles. The van der Waals surface area contributed by atoms with Crippen LogP contribution in [0.4, 0.5) is 0 Å². The van der Waals surface area contributed by atoms with Crippen LogP contribution in [0.3, 0.4) is 0 Å². The van der Waals surface area contributed by atoms with Crippen LogP contribution in [0.1, 0.15) is 78.4 Å². The predicted octanol–water partition coefficient (Wildman–Crippen LogP) is 5.84. The molecule has 1 saturated carbocycles. The Kier molecular flexibility index (Phi) is 13.1. The van der Waals surface area contributed by atoms with Gasteiger partial charge in [-0.05, 0) is 44.2 Å². The van der Waals surface area contributed by atoms with Gasteiger partial charge in [0.1, 0.15) is 0 Å². The Morgan fingerprint density at radius 2 is 1.07 bits per heavy atom. The van der Waals surface area contributed by atoms with Gasteiger partial charge in [-0.25, -0.2) is 12.2 Å². The maximum absolute atomic E-state index is 2.99. The Morgan fingerprint density at radius 1 is 0.644 bits per heavy atom. The number of hydrogen-bond donors (Lipinski definition) is 0. The standard InChI is InChI=1S/C33H33.C5H5.C4H6.2ClH.Zr/c1-32(2,3)30-20-26-24(18-28(30)22-13-9-7-10-14-22)17-25-19-29(23-15-11-8-12-16-23)31(21-27(25)26)33(4,5)6;1-2-4-5-3-1;1-2-4-3-1;;;/h7-21H,1-6H3;1-3H,4H2;1-3H2;2*1H;/q2*-1;;;;+2/p-2. The summed E-state index contributed by atoms with van der Waals surface area (Å²) in [5.41, 5.74) is 8.16. The first kappa shape index (κ1) is 37.0. The van der Waals surface area contributed by atoms with Crippen LogP contribution in [0.5, 0.6) is 0 Å². The van der Waals surface area contributed by atoms with E-state index < -0.39 is 0 Å². The van der Waals surface area contributed by atoms with Crippen LogP contribution in [-0.4, -0.2) is 3.21 Å². The molecule has 0 radical (unpaired) electrons. The van der Waals surface area contributed by atoms with Crippen LogP contribution in [0.25, 0.3) is 43.8 Å². The molecular weight excluding hydrogens is 667 g/mol. The Labute approximate surface area is 298 Å². The molecule has 0 spiro atoms. The minimum absolute atomic E-state index is 0. The Bertz CT molecular complexity index is 1650. The maximum atomic E-state index is 2.99. The molecular formula is C42H44Cl2Zr-2. The second kappa shape index (κ2) is 15.9. The molecule has 0 heterocycles. The zero-order valence-electron chi connectivity index (χ0n) is 27.5. The monoisotopic (exact) mass is 708 g/mol. The van der Waals surface area contributed by atoms with Crippen molar-refractivity contribution in [1.29, 1.82) is 0 Å². The number of rotatable bonds is 2. The van der Waals surface area contributed by atoms with E-state index in [2.05, 4.69) is 145 Å². The summed E-state index contributed by atoms with van der Waals surface area (Å²) in [4.78, 5) is 0. The molecule has 45 heavy (non-hydrogen) atoms. The van der Waals surface area contributed by atoms with Crippen molar-refractivity contribution in [3.63, 3.8) is 0 Å². The Balaban J connectivity index is 0.000000392. The third kappa shape index (κ3) is 9.10. The number of fused-ring (bicyclic) bond motifs is 3. The van der Waals surface area contributed by atoms with E-state index in [0.717, 1.165) is 6.42 Å². The van der Waals surface area contributed by atoms with Gasteiger partial charge < -0.3 is 24.8 Å². The van der Waals surface area contributed by atoms with E-state index in [0.29, 0.717) is 0 Å². The molecule has 3 heteroatoms. The molecule has 0 N–H and O–H groups in total. The fraction of sp³-hybridized carbons (Fsp3) is 0.286. The number of hydrogen-bond acceptors (Lipinski definition) is 0. The second-order valence-electron chi connectivity index (χ2n) is 13.8. The van der Waals surface area contributed by atoms with E-state index >= 15 is 0 Å². The fourth-order valence-corrected chi connectivity index (χ4v) is 6.62. The van der Waals surface area contributed by atoms with Crippen LogP contribution in [0, 0.1) is 6.08 Å². The molecule has 232 valence electrons. The summed E-state index contributed by atoms with van der Waals surface area (Å²) in [6, 6.07) is 33.7. The zero-order chi connectivity index (χ0) is 30.6. The molecule has 0 atom stereocenters. The fourth-order valence-electron chi connectivity index (χ4n) is 5.75.